The lowest BCUT2D eigenvalue weighted by molar-refractivity contribution is -0.122. The highest BCUT2D eigenvalue weighted by molar-refractivity contribution is 4.89. The fraction of sp³-hybridized carbons (Fsp3) is 1.00. The van der Waals surface area contributed by atoms with Crippen molar-refractivity contribution in [3.8, 4) is 0 Å². The van der Waals surface area contributed by atoms with Crippen molar-refractivity contribution in [2.24, 2.45) is 5.92 Å². The van der Waals surface area contributed by atoms with Crippen molar-refractivity contribution in [3.05, 3.63) is 0 Å². The van der Waals surface area contributed by atoms with Crippen molar-refractivity contribution in [1.82, 2.24) is 4.90 Å². The second kappa shape index (κ2) is 3.19. The molecule has 1 unspecified atom stereocenters. The van der Waals surface area contributed by atoms with E-state index >= 15 is 0 Å². The summed E-state index contributed by atoms with van der Waals surface area (Å²) in [6.45, 7) is 8.30. The predicted molar refractivity (Wildman–Crippen MR) is 50.1 cm³/mol. The number of rotatable bonds is 0. The molecule has 3 heteroatoms. The van der Waals surface area contributed by atoms with E-state index in [1.54, 1.807) is 6.92 Å². The molecule has 0 aromatic carbocycles. The summed E-state index contributed by atoms with van der Waals surface area (Å²) in [6.07, 6.45) is 0.601. The molecule has 1 heterocycles. The van der Waals surface area contributed by atoms with Crippen LogP contribution in [-0.2, 0) is 0 Å². The van der Waals surface area contributed by atoms with Crippen molar-refractivity contribution >= 4 is 0 Å². The molecule has 0 radical (unpaired) electrons. The second-order valence-electron chi connectivity index (χ2n) is 5.04. The fourth-order valence-corrected chi connectivity index (χ4v) is 1.62. The fourth-order valence-electron chi connectivity index (χ4n) is 1.62. The highest BCUT2D eigenvalue weighted by Crippen LogP contribution is 2.34. The number of nitrogens with zero attached hydrogens (tertiary/aromatic N) is 1. The topological polar surface area (TPSA) is 3.24 Å². The van der Waals surface area contributed by atoms with Gasteiger partial charge in [0.15, 0.2) is 0 Å². The van der Waals surface area contributed by atoms with Crippen molar-refractivity contribution < 1.29 is 8.78 Å². The Labute approximate surface area is 79.1 Å². The monoisotopic (exact) mass is 191 g/mol. The zero-order valence-electron chi connectivity index (χ0n) is 8.90. The van der Waals surface area contributed by atoms with Gasteiger partial charge in [-0.1, -0.05) is 6.92 Å². The SMILES string of the molecule is CC1CCN(C(C)(C)C)CC1(F)F. The van der Waals surface area contributed by atoms with E-state index in [9.17, 15) is 8.78 Å². The second-order valence-corrected chi connectivity index (χ2v) is 5.04. The van der Waals surface area contributed by atoms with Gasteiger partial charge in [0.2, 0.25) is 0 Å². The van der Waals surface area contributed by atoms with Crippen molar-refractivity contribution in [1.29, 1.82) is 0 Å². The molecule has 0 N–H and O–H groups in total. The Bertz CT molecular complexity index is 184. The number of halogens is 2. The highest BCUT2D eigenvalue weighted by atomic mass is 19.3. The van der Waals surface area contributed by atoms with E-state index in [2.05, 4.69) is 0 Å². The molecule has 1 saturated heterocycles. The molecule has 0 spiro atoms. The van der Waals surface area contributed by atoms with Crippen molar-refractivity contribution in [2.75, 3.05) is 13.1 Å². The molecule has 0 amide bonds. The molecule has 1 aliphatic rings. The highest BCUT2D eigenvalue weighted by Gasteiger charge is 2.44. The largest absolute Gasteiger partial charge is 0.293 e. The normalized spacial score (nSPS) is 30.5. The Morgan fingerprint density at radius 1 is 1.31 bits per heavy atom. The minimum absolute atomic E-state index is 0.0856. The van der Waals surface area contributed by atoms with Gasteiger partial charge >= 0.3 is 0 Å². The summed E-state index contributed by atoms with van der Waals surface area (Å²) in [7, 11) is 0. The van der Waals surface area contributed by atoms with E-state index in [0.29, 0.717) is 6.42 Å². The van der Waals surface area contributed by atoms with E-state index in [1.807, 2.05) is 25.7 Å². The number of alkyl halides is 2. The van der Waals surface area contributed by atoms with Gasteiger partial charge in [0.1, 0.15) is 0 Å². The quantitative estimate of drug-likeness (QED) is 0.569. The average molecular weight is 191 g/mol. The molecule has 13 heavy (non-hydrogen) atoms. The lowest BCUT2D eigenvalue weighted by Gasteiger charge is -2.43. The van der Waals surface area contributed by atoms with E-state index in [4.69, 9.17) is 0 Å². The van der Waals surface area contributed by atoms with Gasteiger partial charge in [-0.25, -0.2) is 8.78 Å². The summed E-state index contributed by atoms with van der Waals surface area (Å²) in [5, 5.41) is 0. The predicted octanol–water partition coefficient (Wildman–Crippen LogP) is 2.76. The Morgan fingerprint density at radius 3 is 2.23 bits per heavy atom. The van der Waals surface area contributed by atoms with Crippen LogP contribution in [-0.4, -0.2) is 29.5 Å². The molecule has 0 saturated carbocycles. The molecule has 0 aromatic heterocycles. The number of piperidine rings is 1. The Kier molecular flexibility index (Phi) is 2.68. The van der Waals surface area contributed by atoms with Gasteiger partial charge in [-0.15, -0.1) is 0 Å². The van der Waals surface area contributed by atoms with Gasteiger partial charge in [0.05, 0.1) is 6.54 Å². The first kappa shape index (κ1) is 10.9. The van der Waals surface area contributed by atoms with E-state index in [1.165, 1.54) is 0 Å². The Morgan fingerprint density at radius 2 is 1.85 bits per heavy atom. The molecule has 0 aliphatic carbocycles. The standard InChI is InChI=1S/C10H19F2N/c1-8-5-6-13(9(2,3)4)7-10(8,11)12/h8H,5-7H2,1-4H3. The maximum absolute atomic E-state index is 13.3. The third-order valence-electron chi connectivity index (χ3n) is 2.90. The van der Waals surface area contributed by atoms with Crippen LogP contribution in [0.5, 0.6) is 0 Å². The number of hydrogen-bond donors (Lipinski definition) is 0. The van der Waals surface area contributed by atoms with Gasteiger partial charge in [-0.05, 0) is 33.7 Å². The maximum Gasteiger partial charge on any atom is 0.263 e. The van der Waals surface area contributed by atoms with Crippen LogP contribution in [0.1, 0.15) is 34.1 Å². The summed E-state index contributed by atoms with van der Waals surface area (Å²) in [4.78, 5) is 1.87. The van der Waals surface area contributed by atoms with Gasteiger partial charge in [-0.3, -0.25) is 4.90 Å². The minimum atomic E-state index is -2.51. The summed E-state index contributed by atoms with van der Waals surface area (Å²) in [5.74, 6) is -2.97. The van der Waals surface area contributed by atoms with Crippen LogP contribution < -0.4 is 0 Å². The first-order valence-electron chi connectivity index (χ1n) is 4.86. The van der Waals surface area contributed by atoms with Crippen LogP contribution in [0.4, 0.5) is 8.78 Å². The van der Waals surface area contributed by atoms with Crippen LogP contribution >= 0.6 is 0 Å². The van der Waals surface area contributed by atoms with Crippen LogP contribution in [0, 0.1) is 5.92 Å². The molecule has 1 atom stereocenters. The summed E-state index contributed by atoms with van der Waals surface area (Å²) >= 11 is 0. The first-order chi connectivity index (χ1) is 5.73. The molecule has 1 aliphatic heterocycles. The third-order valence-corrected chi connectivity index (χ3v) is 2.90. The molecule has 1 rings (SSSR count). The van der Waals surface area contributed by atoms with Crippen molar-refractivity contribution in [2.45, 2.75) is 45.6 Å². The van der Waals surface area contributed by atoms with Crippen LogP contribution in [0.15, 0.2) is 0 Å². The summed E-state index contributed by atoms with van der Waals surface area (Å²) in [5.41, 5.74) is -0.135. The van der Waals surface area contributed by atoms with E-state index in [-0.39, 0.29) is 12.1 Å². The Balaban J connectivity index is 2.66. The maximum atomic E-state index is 13.3. The average Bonchev–Trinajstić information content (AvgIpc) is 1.92. The molecule has 0 aromatic rings. The van der Waals surface area contributed by atoms with Crippen molar-refractivity contribution in [3.63, 3.8) is 0 Å². The summed E-state index contributed by atoms with van der Waals surface area (Å²) in [6, 6.07) is 0. The lowest BCUT2D eigenvalue weighted by Crippen LogP contribution is -2.54. The van der Waals surface area contributed by atoms with Crippen LogP contribution in [0.25, 0.3) is 0 Å². The van der Waals surface area contributed by atoms with E-state index < -0.39 is 11.8 Å². The lowest BCUT2D eigenvalue weighted by atomic mass is 9.91. The van der Waals surface area contributed by atoms with Crippen LogP contribution in [0.2, 0.25) is 0 Å². The molecule has 0 bridgehead atoms. The molecule has 1 fully saturated rings. The van der Waals surface area contributed by atoms with E-state index in [0.717, 1.165) is 6.54 Å². The molecular weight excluding hydrogens is 172 g/mol. The summed E-state index contributed by atoms with van der Waals surface area (Å²) < 4.78 is 26.7. The smallest absolute Gasteiger partial charge is 0.263 e. The zero-order chi connectivity index (χ0) is 10.3. The molecule has 1 nitrogen and oxygen atoms in total. The van der Waals surface area contributed by atoms with Gasteiger partial charge in [0, 0.05) is 11.5 Å². The first-order valence-corrected chi connectivity index (χ1v) is 4.86. The molecule has 78 valence electrons. The molecular formula is C10H19F2N. The zero-order valence-corrected chi connectivity index (χ0v) is 8.90. The van der Waals surface area contributed by atoms with Gasteiger partial charge in [0.25, 0.3) is 5.92 Å². The third kappa shape index (κ3) is 2.39. The van der Waals surface area contributed by atoms with Crippen LogP contribution in [0.3, 0.4) is 0 Å². The minimum Gasteiger partial charge on any atom is -0.293 e. The number of hydrogen-bond acceptors (Lipinski definition) is 1. The van der Waals surface area contributed by atoms with Gasteiger partial charge < -0.3 is 0 Å². The number of likely N-dealkylation sites (tertiary alicyclic amines) is 1. The van der Waals surface area contributed by atoms with Gasteiger partial charge in [-0.2, -0.15) is 0 Å². The Hall–Kier alpha value is -0.180.